The Hall–Kier alpha value is -1.21. The first-order chi connectivity index (χ1) is 11.1. The molecule has 4 rings (SSSR count). The van der Waals surface area contributed by atoms with Gasteiger partial charge in [-0.3, -0.25) is 0 Å². The molecule has 6 nitrogen and oxygen atoms in total. The van der Waals surface area contributed by atoms with Crippen LogP contribution in [0, 0.1) is 0 Å². The van der Waals surface area contributed by atoms with E-state index >= 15 is 0 Å². The summed E-state index contributed by atoms with van der Waals surface area (Å²) < 4.78 is 26.6. The predicted molar refractivity (Wildman–Crippen MR) is 88.9 cm³/mol. The number of piperidine rings is 1. The van der Waals surface area contributed by atoms with Crippen LogP contribution in [0.15, 0.2) is 12.3 Å². The van der Waals surface area contributed by atoms with Gasteiger partial charge in [0.15, 0.2) is 0 Å². The maximum Gasteiger partial charge on any atom is 0.217 e. The highest BCUT2D eigenvalue weighted by Crippen LogP contribution is 2.38. The average molecular weight is 336 g/mol. The molecule has 1 aliphatic heterocycles. The van der Waals surface area contributed by atoms with Crippen molar-refractivity contribution in [2.75, 3.05) is 25.0 Å². The topological polar surface area (TPSA) is 66.4 Å². The minimum Gasteiger partial charge on any atom is -0.355 e. The van der Waals surface area contributed by atoms with E-state index in [0.717, 1.165) is 50.4 Å². The highest BCUT2D eigenvalue weighted by atomic mass is 32.2. The molecule has 0 amide bonds. The Morgan fingerprint density at radius 1 is 1.22 bits per heavy atom. The number of hydrogen-bond donors (Lipinski definition) is 0. The van der Waals surface area contributed by atoms with Crippen LogP contribution in [-0.2, 0) is 10.0 Å². The van der Waals surface area contributed by atoms with Crippen molar-refractivity contribution in [3.05, 3.63) is 18.1 Å². The molecule has 2 heterocycles. The normalized spacial score (nSPS) is 25.8. The highest BCUT2D eigenvalue weighted by molar-refractivity contribution is 7.90. The molecule has 1 aromatic heterocycles. The van der Waals surface area contributed by atoms with Crippen molar-refractivity contribution in [1.82, 2.24) is 14.3 Å². The van der Waals surface area contributed by atoms with Gasteiger partial charge in [-0.25, -0.2) is 18.4 Å². The summed E-state index contributed by atoms with van der Waals surface area (Å²) in [4.78, 5) is 11.3. The summed E-state index contributed by atoms with van der Waals surface area (Å²) in [7, 11) is -1.36. The molecule has 0 N–H and O–H groups in total. The van der Waals surface area contributed by atoms with Crippen molar-refractivity contribution in [2.24, 2.45) is 0 Å². The van der Waals surface area contributed by atoms with Gasteiger partial charge in [-0.2, -0.15) is 4.31 Å². The number of sulfonamides is 1. The van der Waals surface area contributed by atoms with Gasteiger partial charge in [0.25, 0.3) is 0 Å². The molecule has 0 bridgehead atoms. The first-order valence-corrected chi connectivity index (χ1v) is 10.1. The van der Waals surface area contributed by atoms with Gasteiger partial charge in [-0.05, 0) is 44.6 Å². The van der Waals surface area contributed by atoms with Crippen molar-refractivity contribution in [1.29, 1.82) is 0 Å². The number of rotatable bonds is 5. The van der Waals surface area contributed by atoms with Crippen LogP contribution in [0.5, 0.6) is 0 Å². The molecule has 1 aromatic rings. The summed E-state index contributed by atoms with van der Waals surface area (Å²) >= 11 is 0. The maximum atomic E-state index is 12.5. The molecule has 7 heteroatoms. The predicted octanol–water partition coefficient (Wildman–Crippen LogP) is 1.75. The fraction of sp³-hybridized carbons (Fsp3) is 0.750. The van der Waals surface area contributed by atoms with Gasteiger partial charge in [0.2, 0.25) is 10.0 Å². The van der Waals surface area contributed by atoms with Crippen LogP contribution in [0.4, 0.5) is 5.82 Å². The molecule has 3 aliphatic rings. The first-order valence-electron chi connectivity index (χ1n) is 8.60. The van der Waals surface area contributed by atoms with E-state index in [4.69, 9.17) is 4.98 Å². The van der Waals surface area contributed by atoms with Crippen molar-refractivity contribution in [3.8, 4) is 0 Å². The second kappa shape index (κ2) is 5.70. The molecule has 3 fully saturated rings. The van der Waals surface area contributed by atoms with Crippen molar-refractivity contribution >= 4 is 15.8 Å². The third-order valence-electron chi connectivity index (χ3n) is 5.18. The molecular formula is C16H24N4O2S. The van der Waals surface area contributed by atoms with Gasteiger partial charge in [0, 0.05) is 38.3 Å². The van der Waals surface area contributed by atoms with E-state index < -0.39 is 10.0 Å². The standard InChI is InChI=1S/C16H24N4O2S/c1-19(23(21,22)14-6-7-14)13-3-2-10-20(11-13)15-8-9-17-16(18-15)12-4-5-12/h8-9,12-14H,2-7,10-11H2,1H3. The Balaban J connectivity index is 1.49. The zero-order chi connectivity index (χ0) is 16.0. The molecule has 0 radical (unpaired) electrons. The lowest BCUT2D eigenvalue weighted by Gasteiger charge is -2.37. The monoisotopic (exact) mass is 336 g/mol. The number of hydrogen-bond acceptors (Lipinski definition) is 5. The number of anilines is 1. The Kier molecular flexibility index (Phi) is 3.80. The quantitative estimate of drug-likeness (QED) is 0.819. The molecule has 126 valence electrons. The molecule has 1 unspecified atom stereocenters. The fourth-order valence-corrected chi connectivity index (χ4v) is 5.14. The lowest BCUT2D eigenvalue weighted by atomic mass is 10.1. The van der Waals surface area contributed by atoms with Gasteiger partial charge >= 0.3 is 0 Å². The molecule has 1 saturated heterocycles. The van der Waals surface area contributed by atoms with E-state index in [-0.39, 0.29) is 11.3 Å². The molecule has 2 saturated carbocycles. The van der Waals surface area contributed by atoms with E-state index in [9.17, 15) is 8.42 Å². The summed E-state index contributed by atoms with van der Waals surface area (Å²) in [6, 6.07) is 2.00. The Labute approximate surface area is 138 Å². The lowest BCUT2D eigenvalue weighted by Crippen LogP contribution is -2.49. The summed E-state index contributed by atoms with van der Waals surface area (Å²) in [5.41, 5.74) is 0. The summed E-state index contributed by atoms with van der Waals surface area (Å²) in [6.07, 6.45) is 7.78. The van der Waals surface area contributed by atoms with Crippen LogP contribution >= 0.6 is 0 Å². The third kappa shape index (κ3) is 3.08. The van der Waals surface area contributed by atoms with E-state index in [2.05, 4.69) is 9.88 Å². The Morgan fingerprint density at radius 3 is 2.70 bits per heavy atom. The number of aromatic nitrogens is 2. The van der Waals surface area contributed by atoms with Crippen molar-refractivity contribution < 1.29 is 8.42 Å². The molecule has 23 heavy (non-hydrogen) atoms. The Morgan fingerprint density at radius 2 is 2.00 bits per heavy atom. The maximum absolute atomic E-state index is 12.5. The highest BCUT2D eigenvalue weighted by Gasteiger charge is 2.41. The van der Waals surface area contributed by atoms with Gasteiger partial charge in [0.1, 0.15) is 11.6 Å². The van der Waals surface area contributed by atoms with Crippen molar-refractivity contribution in [2.45, 2.75) is 55.7 Å². The zero-order valence-electron chi connectivity index (χ0n) is 13.6. The van der Waals surface area contributed by atoms with Gasteiger partial charge in [-0.1, -0.05) is 0 Å². The SMILES string of the molecule is CN(C1CCCN(c2ccnc(C3CC3)n2)C1)S(=O)(=O)C1CC1. The zero-order valence-corrected chi connectivity index (χ0v) is 14.4. The van der Waals surface area contributed by atoms with E-state index in [1.165, 1.54) is 12.8 Å². The average Bonchev–Trinajstić information content (AvgIpc) is 3.45. The minimum absolute atomic E-state index is 0.0497. The molecule has 1 atom stereocenters. The van der Waals surface area contributed by atoms with Crippen molar-refractivity contribution in [3.63, 3.8) is 0 Å². The van der Waals surface area contributed by atoms with Gasteiger partial charge in [0.05, 0.1) is 5.25 Å². The molecule has 2 aliphatic carbocycles. The Bertz CT molecular complexity index is 685. The van der Waals surface area contributed by atoms with E-state index in [1.54, 1.807) is 11.4 Å². The number of likely N-dealkylation sites (N-methyl/N-ethyl adjacent to an activating group) is 1. The fourth-order valence-electron chi connectivity index (χ4n) is 3.35. The number of nitrogens with zero attached hydrogens (tertiary/aromatic N) is 4. The largest absolute Gasteiger partial charge is 0.355 e. The summed E-state index contributed by atoms with van der Waals surface area (Å²) in [5.74, 6) is 2.43. The molecule has 0 spiro atoms. The minimum atomic E-state index is -3.11. The van der Waals surface area contributed by atoms with Crippen LogP contribution in [0.3, 0.4) is 0 Å². The second-order valence-electron chi connectivity index (χ2n) is 7.05. The van der Waals surface area contributed by atoms with Crippen LogP contribution < -0.4 is 4.90 Å². The van der Waals surface area contributed by atoms with E-state index in [1.807, 2.05) is 12.3 Å². The van der Waals surface area contributed by atoms with Crippen LogP contribution in [0.25, 0.3) is 0 Å². The van der Waals surface area contributed by atoms with Gasteiger partial charge < -0.3 is 4.90 Å². The summed E-state index contributed by atoms with van der Waals surface area (Å²) in [5, 5.41) is -0.136. The molecule has 0 aromatic carbocycles. The van der Waals surface area contributed by atoms with Crippen LogP contribution in [0.1, 0.15) is 50.3 Å². The lowest BCUT2D eigenvalue weighted by molar-refractivity contribution is 0.319. The first kappa shape index (κ1) is 15.3. The smallest absolute Gasteiger partial charge is 0.217 e. The van der Waals surface area contributed by atoms with Crippen LogP contribution in [0.2, 0.25) is 0 Å². The second-order valence-corrected chi connectivity index (χ2v) is 9.32. The summed E-state index contributed by atoms with van der Waals surface area (Å²) in [6.45, 7) is 1.67. The van der Waals surface area contributed by atoms with Gasteiger partial charge in [-0.15, -0.1) is 0 Å². The molecular weight excluding hydrogens is 312 g/mol. The van der Waals surface area contributed by atoms with E-state index in [0.29, 0.717) is 5.92 Å². The third-order valence-corrected chi connectivity index (χ3v) is 7.60. The van der Waals surface area contributed by atoms with Crippen LogP contribution in [-0.4, -0.2) is 54.1 Å².